The Morgan fingerprint density at radius 2 is 2.00 bits per heavy atom. The Balaban J connectivity index is 2.63. The highest BCUT2D eigenvalue weighted by molar-refractivity contribution is 4.91. The topological polar surface area (TPSA) is 86.7 Å². The van der Waals surface area contributed by atoms with E-state index < -0.39 is 17.9 Å². The zero-order valence-electron chi connectivity index (χ0n) is 6.57. The molecule has 4 atom stereocenters. The van der Waals surface area contributed by atoms with Crippen LogP contribution in [0, 0.1) is 5.92 Å². The van der Waals surface area contributed by atoms with E-state index in [-0.39, 0.29) is 18.8 Å². The summed E-state index contributed by atoms with van der Waals surface area (Å²) in [7, 11) is 0. The van der Waals surface area contributed by atoms with Crippen LogP contribution >= 0.6 is 0 Å². The van der Waals surface area contributed by atoms with Crippen LogP contribution in [0.4, 0.5) is 0 Å². The van der Waals surface area contributed by atoms with Gasteiger partial charge in [-0.3, -0.25) is 0 Å². The Bertz CT molecular complexity index is 149. The summed E-state index contributed by atoms with van der Waals surface area (Å²) in [4.78, 5) is 0. The number of aliphatic hydroxyl groups is 3. The normalized spacial score (nSPS) is 52.6. The molecule has 1 saturated carbocycles. The minimum absolute atomic E-state index is 0.0478. The van der Waals surface area contributed by atoms with Crippen molar-refractivity contribution >= 4 is 0 Å². The third-order valence-electron chi connectivity index (χ3n) is 2.35. The summed E-state index contributed by atoms with van der Waals surface area (Å²) in [5, 5.41) is 27.8. The van der Waals surface area contributed by atoms with Gasteiger partial charge in [0.25, 0.3) is 0 Å². The van der Waals surface area contributed by atoms with Gasteiger partial charge >= 0.3 is 0 Å². The van der Waals surface area contributed by atoms with Crippen LogP contribution in [0.15, 0.2) is 0 Å². The van der Waals surface area contributed by atoms with Crippen molar-refractivity contribution in [3.8, 4) is 0 Å². The number of aliphatic hydroxyl groups excluding tert-OH is 2. The molecule has 0 heterocycles. The largest absolute Gasteiger partial charge is 0.393 e. The number of hydrogen-bond donors (Lipinski definition) is 4. The molecule has 1 rings (SSSR count). The second-order valence-corrected chi connectivity index (χ2v) is 3.49. The Morgan fingerprint density at radius 1 is 1.45 bits per heavy atom. The lowest BCUT2D eigenvalue weighted by molar-refractivity contribution is -0.139. The molecule has 1 aliphatic rings. The molecule has 0 spiro atoms. The van der Waals surface area contributed by atoms with Crippen LogP contribution in [0.3, 0.4) is 0 Å². The maximum Gasteiger partial charge on any atom is 0.140 e. The molecule has 11 heavy (non-hydrogen) atoms. The molecule has 0 aromatic carbocycles. The minimum atomic E-state index is -1.52. The van der Waals surface area contributed by atoms with Crippen molar-refractivity contribution in [2.45, 2.75) is 37.7 Å². The van der Waals surface area contributed by atoms with Gasteiger partial charge in [0.15, 0.2) is 0 Å². The van der Waals surface area contributed by atoms with E-state index in [0.29, 0.717) is 0 Å². The van der Waals surface area contributed by atoms with E-state index in [1.54, 1.807) is 6.92 Å². The summed E-state index contributed by atoms with van der Waals surface area (Å²) in [6.45, 7) is 1.80. The van der Waals surface area contributed by atoms with Crippen LogP contribution in [0.25, 0.3) is 0 Å². The van der Waals surface area contributed by atoms with Gasteiger partial charge < -0.3 is 21.1 Å². The van der Waals surface area contributed by atoms with Gasteiger partial charge in [0.2, 0.25) is 0 Å². The third kappa shape index (κ3) is 1.70. The molecule has 0 radical (unpaired) electrons. The fraction of sp³-hybridized carbons (Fsp3) is 1.00. The van der Waals surface area contributed by atoms with Crippen LogP contribution < -0.4 is 5.73 Å². The van der Waals surface area contributed by atoms with E-state index >= 15 is 0 Å². The summed E-state index contributed by atoms with van der Waals surface area (Å²) in [6, 6.07) is 0. The van der Waals surface area contributed by atoms with Crippen molar-refractivity contribution in [1.82, 2.24) is 0 Å². The minimum Gasteiger partial charge on any atom is -0.393 e. The molecule has 0 amide bonds. The lowest BCUT2D eigenvalue weighted by Gasteiger charge is -2.39. The first-order valence-electron chi connectivity index (χ1n) is 3.81. The Morgan fingerprint density at radius 3 is 2.45 bits per heavy atom. The second kappa shape index (κ2) is 2.71. The second-order valence-electron chi connectivity index (χ2n) is 3.49. The zero-order valence-corrected chi connectivity index (χ0v) is 6.57. The van der Waals surface area contributed by atoms with Crippen LogP contribution in [-0.4, -0.2) is 33.3 Å². The third-order valence-corrected chi connectivity index (χ3v) is 2.35. The maximum atomic E-state index is 9.35. The lowest BCUT2D eigenvalue weighted by Crippen LogP contribution is -2.57. The standard InChI is InChI=1S/C7H15NO3/c1-4-3-7(8,11)6(10)2-5(4)9/h4-6,9-11H,2-3,8H2,1H3/t4-,5?,6-,7?/m0/s1. The van der Waals surface area contributed by atoms with Gasteiger partial charge in [-0.2, -0.15) is 0 Å². The first kappa shape index (κ1) is 8.93. The van der Waals surface area contributed by atoms with Gasteiger partial charge in [-0.1, -0.05) is 6.92 Å². The highest BCUT2D eigenvalue weighted by Gasteiger charge is 2.41. The van der Waals surface area contributed by atoms with E-state index in [1.165, 1.54) is 0 Å². The van der Waals surface area contributed by atoms with Crippen molar-refractivity contribution in [2.24, 2.45) is 11.7 Å². The highest BCUT2D eigenvalue weighted by Crippen LogP contribution is 2.28. The quantitative estimate of drug-likeness (QED) is 0.336. The number of rotatable bonds is 0. The maximum absolute atomic E-state index is 9.35. The molecule has 0 aromatic rings. The average Bonchev–Trinajstić information content (AvgIpc) is 1.83. The van der Waals surface area contributed by atoms with Crippen molar-refractivity contribution in [3.05, 3.63) is 0 Å². The first-order valence-corrected chi connectivity index (χ1v) is 3.81. The van der Waals surface area contributed by atoms with Crippen LogP contribution in [-0.2, 0) is 0 Å². The monoisotopic (exact) mass is 161 g/mol. The molecule has 0 aliphatic heterocycles. The summed E-state index contributed by atoms with van der Waals surface area (Å²) < 4.78 is 0. The van der Waals surface area contributed by atoms with Gasteiger partial charge in [-0.15, -0.1) is 0 Å². The van der Waals surface area contributed by atoms with Crippen LogP contribution in [0.5, 0.6) is 0 Å². The van der Waals surface area contributed by atoms with Gasteiger partial charge in [-0.25, -0.2) is 0 Å². The Kier molecular flexibility index (Phi) is 2.20. The summed E-state index contributed by atoms with van der Waals surface area (Å²) in [6.07, 6.45) is -1.15. The molecule has 4 nitrogen and oxygen atoms in total. The average molecular weight is 161 g/mol. The van der Waals surface area contributed by atoms with E-state index in [4.69, 9.17) is 5.73 Å². The fourth-order valence-electron chi connectivity index (χ4n) is 1.45. The lowest BCUT2D eigenvalue weighted by atomic mass is 9.80. The molecule has 2 unspecified atom stereocenters. The summed E-state index contributed by atoms with van der Waals surface area (Å²) in [5.74, 6) is -0.0478. The molecule has 0 aromatic heterocycles. The molecule has 4 heteroatoms. The van der Waals surface area contributed by atoms with Crippen LogP contribution in [0.1, 0.15) is 19.8 Å². The molecule has 5 N–H and O–H groups in total. The number of hydrogen-bond acceptors (Lipinski definition) is 4. The van der Waals surface area contributed by atoms with E-state index in [0.717, 1.165) is 0 Å². The molecular weight excluding hydrogens is 146 g/mol. The molecule has 0 bridgehead atoms. The molecule has 1 fully saturated rings. The number of nitrogens with two attached hydrogens (primary N) is 1. The van der Waals surface area contributed by atoms with Gasteiger partial charge in [-0.05, 0) is 12.3 Å². The van der Waals surface area contributed by atoms with Crippen LogP contribution in [0.2, 0.25) is 0 Å². The fourth-order valence-corrected chi connectivity index (χ4v) is 1.45. The van der Waals surface area contributed by atoms with Crippen molar-refractivity contribution in [3.63, 3.8) is 0 Å². The first-order chi connectivity index (χ1) is 4.93. The zero-order chi connectivity index (χ0) is 8.65. The van der Waals surface area contributed by atoms with Crippen molar-refractivity contribution in [1.29, 1.82) is 0 Å². The van der Waals surface area contributed by atoms with Gasteiger partial charge in [0, 0.05) is 6.42 Å². The van der Waals surface area contributed by atoms with Crippen molar-refractivity contribution < 1.29 is 15.3 Å². The predicted octanol–water partition coefficient (Wildman–Crippen LogP) is -1.21. The van der Waals surface area contributed by atoms with E-state index in [9.17, 15) is 15.3 Å². The molecule has 0 saturated heterocycles. The molecule has 66 valence electrons. The summed E-state index contributed by atoms with van der Waals surface area (Å²) in [5.41, 5.74) is 3.85. The van der Waals surface area contributed by atoms with E-state index in [1.807, 2.05) is 0 Å². The summed E-state index contributed by atoms with van der Waals surface area (Å²) >= 11 is 0. The van der Waals surface area contributed by atoms with E-state index in [2.05, 4.69) is 0 Å². The Hall–Kier alpha value is -0.160. The van der Waals surface area contributed by atoms with Gasteiger partial charge in [0.1, 0.15) is 5.72 Å². The van der Waals surface area contributed by atoms with Crippen molar-refractivity contribution in [2.75, 3.05) is 0 Å². The smallest absolute Gasteiger partial charge is 0.140 e. The molecule has 1 aliphatic carbocycles. The predicted molar refractivity (Wildman–Crippen MR) is 39.5 cm³/mol. The SMILES string of the molecule is C[C@H]1CC(N)(O)[C@@H](O)CC1O. The van der Waals surface area contributed by atoms with Gasteiger partial charge in [0.05, 0.1) is 12.2 Å². The highest BCUT2D eigenvalue weighted by atomic mass is 16.4. The Labute approximate surface area is 65.6 Å². The molecular formula is C7H15NO3.